The van der Waals surface area contributed by atoms with Crippen LogP contribution in [0.1, 0.15) is 63.3 Å². The number of allylic oxidation sites excluding steroid dienone is 1. The maximum atomic E-state index is 7.77. The van der Waals surface area contributed by atoms with Gasteiger partial charge in [-0.1, -0.05) is 13.8 Å². The molecule has 4 aliphatic heterocycles. The summed E-state index contributed by atoms with van der Waals surface area (Å²) in [7, 11) is 0. The number of fused-ring (bicyclic) bond motifs is 4. The zero-order valence-electron chi connectivity index (χ0n) is 18.5. The summed E-state index contributed by atoms with van der Waals surface area (Å²) in [6, 6.07) is 0.0204. The van der Waals surface area contributed by atoms with Crippen LogP contribution >= 0.6 is 11.8 Å². The molecule has 0 bridgehead atoms. The average molecular weight is 366 g/mol. The predicted molar refractivity (Wildman–Crippen MR) is 104 cm³/mol. The lowest BCUT2D eigenvalue weighted by Crippen LogP contribution is -2.47. The lowest BCUT2D eigenvalue weighted by Gasteiger charge is -2.37. The van der Waals surface area contributed by atoms with Crippen LogP contribution in [0.3, 0.4) is 0 Å². The fourth-order valence-corrected chi connectivity index (χ4v) is 7.95. The molecule has 5 aliphatic rings. The third-order valence-corrected chi connectivity index (χ3v) is 9.45. The second kappa shape index (κ2) is 6.45. The topological polar surface area (TPSA) is 33.3 Å². The van der Waals surface area contributed by atoms with E-state index in [2.05, 4.69) is 36.2 Å². The van der Waals surface area contributed by atoms with Crippen molar-refractivity contribution in [2.24, 2.45) is 23.7 Å². The number of hydrogen-bond donors (Lipinski definition) is 2. The van der Waals surface area contributed by atoms with Gasteiger partial charge in [-0.15, -0.1) is 0 Å². The Hall–Kier alpha value is -0.190. The van der Waals surface area contributed by atoms with Crippen molar-refractivity contribution in [2.45, 2.75) is 88.0 Å². The highest BCUT2D eigenvalue weighted by Gasteiger charge is 2.49. The van der Waals surface area contributed by atoms with Crippen LogP contribution in [-0.4, -0.2) is 35.4 Å². The average Bonchev–Trinajstić information content (AvgIpc) is 3.17. The molecule has 140 valence electrons. The molecular formula is C21H34N2OS. The van der Waals surface area contributed by atoms with Crippen LogP contribution in [-0.2, 0) is 4.74 Å². The Bertz CT molecular complexity index is 654. The van der Waals surface area contributed by atoms with Gasteiger partial charge in [0.25, 0.3) is 0 Å². The minimum absolute atomic E-state index is 0.107. The molecule has 4 heterocycles. The predicted octanol–water partition coefficient (Wildman–Crippen LogP) is 3.90. The Labute approximate surface area is 161 Å². The first kappa shape index (κ1) is 13.9. The number of rotatable bonds is 1. The van der Waals surface area contributed by atoms with Crippen molar-refractivity contribution in [1.29, 1.82) is 0 Å². The van der Waals surface area contributed by atoms with Crippen molar-refractivity contribution < 1.29 is 8.85 Å². The summed E-state index contributed by atoms with van der Waals surface area (Å²) in [5.74, 6) is 3.76. The molecule has 5 rings (SSSR count). The van der Waals surface area contributed by atoms with Crippen molar-refractivity contribution in [3.63, 3.8) is 0 Å². The first-order valence-corrected chi connectivity index (χ1v) is 11.3. The minimum Gasteiger partial charge on any atom is -0.479 e. The van der Waals surface area contributed by atoms with E-state index in [0.29, 0.717) is 17.9 Å². The standard InChI is InChI=1S/C21H34N2OS/c1-11-7-8-15-14-5-4-6-16(20(14)24-21(15)23-11)18-9-19-17(10-22-18)12(2)13(3)25-19/h11-15,17-19,21-23H,4-10H2,1-3H3/t11-,12-,13+,14+,15?,17-,18-,19-,21+/m1/s1/i1D3. The summed E-state index contributed by atoms with van der Waals surface area (Å²) >= 11 is 2.20. The van der Waals surface area contributed by atoms with Crippen LogP contribution in [0.2, 0.25) is 0 Å². The summed E-state index contributed by atoms with van der Waals surface area (Å²) in [6.07, 6.45) is 6.39. The molecule has 0 aromatic rings. The Morgan fingerprint density at radius 3 is 3.00 bits per heavy atom. The van der Waals surface area contributed by atoms with Gasteiger partial charge in [-0.25, -0.2) is 0 Å². The number of thioether (sulfide) groups is 1. The Morgan fingerprint density at radius 1 is 1.20 bits per heavy atom. The summed E-state index contributed by atoms with van der Waals surface area (Å²) < 4.78 is 29.8. The van der Waals surface area contributed by atoms with Crippen LogP contribution in [0.25, 0.3) is 0 Å². The maximum Gasteiger partial charge on any atom is 0.153 e. The third-order valence-electron chi connectivity index (χ3n) is 7.70. The molecular weight excluding hydrogens is 328 g/mol. The highest BCUT2D eigenvalue weighted by Crippen LogP contribution is 2.51. The fraction of sp³-hybridized carbons (Fsp3) is 0.905. The van der Waals surface area contributed by atoms with E-state index in [1.54, 1.807) is 0 Å². The maximum absolute atomic E-state index is 7.77. The Kier molecular flexibility index (Phi) is 3.59. The lowest BCUT2D eigenvalue weighted by molar-refractivity contribution is 0.0573. The monoisotopic (exact) mass is 365 g/mol. The number of nitrogens with one attached hydrogen (secondary N) is 2. The van der Waals surface area contributed by atoms with Gasteiger partial charge < -0.3 is 10.1 Å². The van der Waals surface area contributed by atoms with E-state index in [1.807, 2.05) is 0 Å². The highest BCUT2D eigenvalue weighted by atomic mass is 32.2. The summed E-state index contributed by atoms with van der Waals surface area (Å²) in [4.78, 5) is 0. The molecule has 0 amide bonds. The second-order valence-electron chi connectivity index (χ2n) is 8.99. The molecule has 0 saturated carbocycles. The Morgan fingerprint density at radius 2 is 2.12 bits per heavy atom. The molecule has 4 fully saturated rings. The molecule has 1 unspecified atom stereocenters. The van der Waals surface area contributed by atoms with Crippen molar-refractivity contribution in [2.75, 3.05) is 6.54 Å². The number of ether oxygens (including phenoxy) is 1. The van der Waals surface area contributed by atoms with Gasteiger partial charge in [-0.3, -0.25) is 5.32 Å². The van der Waals surface area contributed by atoms with Crippen molar-refractivity contribution in [1.82, 2.24) is 10.6 Å². The summed E-state index contributed by atoms with van der Waals surface area (Å²) in [5, 5.41) is 8.75. The van der Waals surface area contributed by atoms with E-state index in [-0.39, 0.29) is 6.23 Å². The molecule has 9 atom stereocenters. The summed E-state index contributed by atoms with van der Waals surface area (Å²) in [5.41, 5.74) is 1.50. The zero-order valence-corrected chi connectivity index (χ0v) is 16.3. The van der Waals surface area contributed by atoms with Gasteiger partial charge in [-0.2, -0.15) is 11.8 Å². The molecule has 4 saturated heterocycles. The van der Waals surface area contributed by atoms with Gasteiger partial charge in [0.2, 0.25) is 0 Å². The molecule has 0 aromatic carbocycles. The van der Waals surface area contributed by atoms with E-state index in [0.717, 1.165) is 48.1 Å². The van der Waals surface area contributed by atoms with Gasteiger partial charge in [0.15, 0.2) is 6.23 Å². The third kappa shape index (κ3) is 2.78. The number of hydrogen-bond acceptors (Lipinski definition) is 4. The van der Waals surface area contributed by atoms with Gasteiger partial charge in [-0.05, 0) is 69.3 Å². The Balaban J connectivity index is 1.35. The zero-order chi connectivity index (χ0) is 19.6. The van der Waals surface area contributed by atoms with Crippen LogP contribution in [0.15, 0.2) is 11.3 Å². The molecule has 0 spiro atoms. The quantitative estimate of drug-likeness (QED) is 0.738. The van der Waals surface area contributed by atoms with Crippen LogP contribution in [0.5, 0.6) is 0 Å². The first-order valence-electron chi connectivity index (χ1n) is 11.9. The minimum atomic E-state index is -1.94. The van der Waals surface area contributed by atoms with Crippen molar-refractivity contribution in [3.05, 3.63) is 11.3 Å². The van der Waals surface area contributed by atoms with Gasteiger partial charge in [0, 0.05) is 38.5 Å². The van der Waals surface area contributed by atoms with E-state index in [4.69, 9.17) is 8.85 Å². The van der Waals surface area contributed by atoms with Gasteiger partial charge in [0.05, 0.1) is 0 Å². The smallest absolute Gasteiger partial charge is 0.153 e. The molecule has 1 aliphatic carbocycles. The van der Waals surface area contributed by atoms with E-state index >= 15 is 0 Å². The summed E-state index contributed by atoms with van der Waals surface area (Å²) in [6.45, 7) is 3.99. The lowest BCUT2D eigenvalue weighted by atomic mass is 9.74. The molecule has 2 N–H and O–H groups in total. The van der Waals surface area contributed by atoms with Crippen LogP contribution in [0, 0.1) is 23.7 Å². The fourth-order valence-electron chi connectivity index (χ4n) is 6.10. The van der Waals surface area contributed by atoms with Crippen molar-refractivity contribution in [3.8, 4) is 0 Å². The molecule has 4 heteroatoms. The normalized spacial score (nSPS) is 54.6. The molecule has 0 aromatic heterocycles. The molecule has 25 heavy (non-hydrogen) atoms. The molecule has 0 radical (unpaired) electrons. The second-order valence-corrected chi connectivity index (χ2v) is 10.6. The first-order chi connectivity index (χ1) is 13.3. The van der Waals surface area contributed by atoms with Gasteiger partial charge >= 0.3 is 0 Å². The van der Waals surface area contributed by atoms with E-state index in [1.165, 1.54) is 30.6 Å². The number of piperidine rings is 2. The van der Waals surface area contributed by atoms with Crippen LogP contribution < -0.4 is 10.6 Å². The van der Waals surface area contributed by atoms with E-state index < -0.39 is 12.9 Å². The highest BCUT2D eigenvalue weighted by molar-refractivity contribution is 8.00. The van der Waals surface area contributed by atoms with Crippen molar-refractivity contribution >= 4 is 11.8 Å². The molecule has 3 nitrogen and oxygen atoms in total. The van der Waals surface area contributed by atoms with E-state index in [9.17, 15) is 0 Å². The van der Waals surface area contributed by atoms with Gasteiger partial charge in [0.1, 0.15) is 5.76 Å². The largest absolute Gasteiger partial charge is 0.479 e. The van der Waals surface area contributed by atoms with Crippen LogP contribution in [0.4, 0.5) is 0 Å². The SMILES string of the molecule is [2H]C([2H])([2H])[C@@H]1CCC2[C@@H]3CCCC([C@H]4C[C@H]5S[C@@H](C)[C@@H](C)[C@H]5CN4)=C3O[C@@H]2N1.